The van der Waals surface area contributed by atoms with Crippen molar-refractivity contribution in [2.24, 2.45) is 5.41 Å². The molecule has 1 aromatic carbocycles. The molecule has 0 bridgehead atoms. The second-order valence-corrected chi connectivity index (χ2v) is 5.88. The molecule has 3 heteroatoms. The molecule has 1 aromatic rings. The summed E-state index contributed by atoms with van der Waals surface area (Å²) in [4.78, 5) is 0. The minimum absolute atomic E-state index is 0.0636. The lowest BCUT2D eigenvalue weighted by atomic mass is 9.88. The third-order valence-electron chi connectivity index (χ3n) is 2.32. The molecule has 0 saturated carbocycles. The average Bonchev–Trinajstić information content (AvgIpc) is 2.08. The van der Waals surface area contributed by atoms with Crippen LogP contribution in [0, 0.1) is 17.0 Å². The molecular formula is C13H17ClF2. The van der Waals surface area contributed by atoms with Gasteiger partial charge in [-0.05, 0) is 30.4 Å². The van der Waals surface area contributed by atoms with Crippen molar-refractivity contribution in [1.29, 1.82) is 0 Å². The zero-order valence-electron chi connectivity index (χ0n) is 9.86. The van der Waals surface area contributed by atoms with Crippen molar-refractivity contribution in [3.63, 3.8) is 0 Å². The standard InChI is InChI=1S/C13H17ClF2/c1-13(2,3)8-9(14)7-10-11(15)5-4-6-12(10)16/h4-6,9H,7-8H2,1-3H3. The van der Waals surface area contributed by atoms with Gasteiger partial charge in [-0.15, -0.1) is 11.6 Å². The number of alkyl halides is 1. The zero-order chi connectivity index (χ0) is 12.3. The van der Waals surface area contributed by atoms with E-state index >= 15 is 0 Å². The fraction of sp³-hybridized carbons (Fsp3) is 0.538. The Hall–Kier alpha value is -0.630. The minimum Gasteiger partial charge on any atom is -0.207 e. The molecule has 0 radical (unpaired) electrons. The van der Waals surface area contributed by atoms with Gasteiger partial charge >= 0.3 is 0 Å². The van der Waals surface area contributed by atoms with Crippen LogP contribution in [0.25, 0.3) is 0 Å². The summed E-state index contributed by atoms with van der Waals surface area (Å²) in [6.45, 7) is 6.17. The highest BCUT2D eigenvalue weighted by molar-refractivity contribution is 6.20. The van der Waals surface area contributed by atoms with Crippen molar-refractivity contribution < 1.29 is 8.78 Å². The zero-order valence-corrected chi connectivity index (χ0v) is 10.6. The van der Waals surface area contributed by atoms with Crippen molar-refractivity contribution in [1.82, 2.24) is 0 Å². The van der Waals surface area contributed by atoms with E-state index in [1.54, 1.807) is 0 Å². The smallest absolute Gasteiger partial charge is 0.129 e. The molecule has 0 aliphatic rings. The fourth-order valence-corrected chi connectivity index (χ4v) is 2.30. The van der Waals surface area contributed by atoms with Gasteiger partial charge in [-0.2, -0.15) is 0 Å². The molecule has 16 heavy (non-hydrogen) atoms. The number of halogens is 3. The minimum atomic E-state index is -0.514. The summed E-state index contributed by atoms with van der Waals surface area (Å²) < 4.78 is 26.7. The molecule has 1 unspecified atom stereocenters. The van der Waals surface area contributed by atoms with Crippen LogP contribution in [-0.2, 0) is 6.42 Å². The summed E-state index contributed by atoms with van der Waals surface area (Å²) in [5.41, 5.74) is 0.153. The van der Waals surface area contributed by atoms with Crippen LogP contribution in [0.2, 0.25) is 0 Å². The van der Waals surface area contributed by atoms with E-state index in [0.29, 0.717) is 0 Å². The Labute approximate surface area is 101 Å². The van der Waals surface area contributed by atoms with Gasteiger partial charge in [0.25, 0.3) is 0 Å². The van der Waals surface area contributed by atoms with Crippen molar-refractivity contribution in [3.8, 4) is 0 Å². The molecule has 0 amide bonds. The molecule has 0 saturated heterocycles. The maximum Gasteiger partial charge on any atom is 0.129 e. The second kappa shape index (κ2) is 5.13. The molecule has 0 nitrogen and oxygen atoms in total. The van der Waals surface area contributed by atoms with Crippen molar-refractivity contribution in [2.75, 3.05) is 0 Å². The van der Waals surface area contributed by atoms with Crippen LogP contribution < -0.4 is 0 Å². The van der Waals surface area contributed by atoms with Crippen LogP contribution in [-0.4, -0.2) is 5.38 Å². The van der Waals surface area contributed by atoms with Gasteiger partial charge in [0.05, 0.1) is 0 Å². The average molecular weight is 247 g/mol. The summed E-state index contributed by atoms with van der Waals surface area (Å²) in [6.07, 6.45) is 0.958. The molecule has 0 N–H and O–H groups in total. The van der Waals surface area contributed by atoms with Gasteiger partial charge in [0.1, 0.15) is 11.6 Å². The Morgan fingerprint density at radius 3 is 2.12 bits per heavy atom. The van der Waals surface area contributed by atoms with Crippen molar-refractivity contribution in [3.05, 3.63) is 35.4 Å². The molecule has 0 aliphatic carbocycles. The number of hydrogen-bond acceptors (Lipinski definition) is 0. The maximum absolute atomic E-state index is 13.3. The normalized spacial score (nSPS) is 13.9. The van der Waals surface area contributed by atoms with Gasteiger partial charge in [-0.25, -0.2) is 8.78 Å². The molecule has 1 atom stereocenters. The summed E-state index contributed by atoms with van der Waals surface area (Å²) in [5.74, 6) is -1.03. The van der Waals surface area contributed by atoms with Crippen LogP contribution in [0.15, 0.2) is 18.2 Å². The molecule has 0 aliphatic heterocycles. The van der Waals surface area contributed by atoms with Gasteiger partial charge in [0.2, 0.25) is 0 Å². The van der Waals surface area contributed by atoms with Crippen molar-refractivity contribution >= 4 is 11.6 Å². The van der Waals surface area contributed by atoms with E-state index < -0.39 is 11.6 Å². The van der Waals surface area contributed by atoms with Gasteiger partial charge in [0.15, 0.2) is 0 Å². The van der Waals surface area contributed by atoms with Crippen LogP contribution in [0.3, 0.4) is 0 Å². The van der Waals surface area contributed by atoms with Gasteiger partial charge in [-0.3, -0.25) is 0 Å². The van der Waals surface area contributed by atoms with Crippen LogP contribution in [0.4, 0.5) is 8.78 Å². The number of benzene rings is 1. The van der Waals surface area contributed by atoms with E-state index in [0.717, 1.165) is 6.42 Å². The van der Waals surface area contributed by atoms with E-state index in [2.05, 4.69) is 20.8 Å². The Morgan fingerprint density at radius 2 is 1.69 bits per heavy atom. The Kier molecular flexibility index (Phi) is 4.31. The van der Waals surface area contributed by atoms with Crippen LogP contribution in [0.1, 0.15) is 32.8 Å². The molecular weight excluding hydrogens is 230 g/mol. The predicted molar refractivity (Wildman–Crippen MR) is 63.8 cm³/mol. The number of hydrogen-bond donors (Lipinski definition) is 0. The summed E-state index contributed by atoms with van der Waals surface area (Å²) >= 11 is 6.11. The highest BCUT2D eigenvalue weighted by Crippen LogP contribution is 2.27. The van der Waals surface area contributed by atoms with E-state index in [-0.39, 0.29) is 22.8 Å². The quantitative estimate of drug-likeness (QED) is 0.687. The highest BCUT2D eigenvalue weighted by Gasteiger charge is 2.19. The monoisotopic (exact) mass is 246 g/mol. The Balaban J connectivity index is 2.73. The lowest BCUT2D eigenvalue weighted by Crippen LogP contribution is -2.16. The largest absolute Gasteiger partial charge is 0.207 e. The Bertz CT molecular complexity index is 335. The van der Waals surface area contributed by atoms with Crippen molar-refractivity contribution in [2.45, 2.75) is 39.0 Å². The van der Waals surface area contributed by atoms with Gasteiger partial charge < -0.3 is 0 Å². The molecule has 90 valence electrons. The first-order valence-electron chi connectivity index (χ1n) is 5.36. The molecule has 0 fully saturated rings. The lowest BCUT2D eigenvalue weighted by molar-refractivity contribution is 0.366. The Morgan fingerprint density at radius 1 is 1.19 bits per heavy atom. The summed E-state index contributed by atoms with van der Waals surface area (Å²) in [6, 6.07) is 3.89. The predicted octanol–water partition coefficient (Wildman–Crippen LogP) is 4.55. The molecule has 0 heterocycles. The first-order chi connectivity index (χ1) is 7.29. The fourth-order valence-electron chi connectivity index (χ4n) is 1.69. The summed E-state index contributed by atoms with van der Waals surface area (Å²) in [5, 5.41) is -0.244. The van der Waals surface area contributed by atoms with Crippen LogP contribution in [0.5, 0.6) is 0 Å². The number of rotatable bonds is 3. The third kappa shape index (κ3) is 4.09. The second-order valence-electron chi connectivity index (χ2n) is 5.27. The lowest BCUT2D eigenvalue weighted by Gasteiger charge is -2.22. The first-order valence-corrected chi connectivity index (χ1v) is 5.80. The molecule has 1 rings (SSSR count). The van der Waals surface area contributed by atoms with Gasteiger partial charge in [-0.1, -0.05) is 26.8 Å². The van der Waals surface area contributed by atoms with E-state index in [1.165, 1.54) is 18.2 Å². The SMILES string of the molecule is CC(C)(C)CC(Cl)Cc1c(F)cccc1F. The van der Waals surface area contributed by atoms with E-state index in [4.69, 9.17) is 11.6 Å². The molecule has 0 spiro atoms. The summed E-state index contributed by atoms with van der Waals surface area (Å²) in [7, 11) is 0. The third-order valence-corrected chi connectivity index (χ3v) is 2.63. The highest BCUT2D eigenvalue weighted by atomic mass is 35.5. The maximum atomic E-state index is 13.3. The van der Waals surface area contributed by atoms with Crippen LogP contribution >= 0.6 is 11.6 Å². The molecule has 0 aromatic heterocycles. The van der Waals surface area contributed by atoms with Gasteiger partial charge in [0, 0.05) is 10.9 Å². The van der Waals surface area contributed by atoms with E-state index in [9.17, 15) is 8.78 Å². The first kappa shape index (κ1) is 13.4. The van der Waals surface area contributed by atoms with E-state index in [1.807, 2.05) is 0 Å². The topological polar surface area (TPSA) is 0 Å².